The van der Waals surface area contributed by atoms with Gasteiger partial charge >= 0.3 is 0 Å². The van der Waals surface area contributed by atoms with Crippen molar-refractivity contribution in [3.63, 3.8) is 0 Å². The quantitative estimate of drug-likeness (QED) is 0.841. The molecule has 0 heterocycles. The van der Waals surface area contributed by atoms with Crippen LogP contribution in [0.1, 0.15) is 18.4 Å². The van der Waals surface area contributed by atoms with Crippen LogP contribution < -0.4 is 10.6 Å². The van der Waals surface area contributed by atoms with Crippen LogP contribution in [0, 0.1) is 0 Å². The molecule has 0 aromatic heterocycles. The second-order valence-electron chi connectivity index (χ2n) is 4.73. The zero-order chi connectivity index (χ0) is 13.0. The van der Waals surface area contributed by atoms with Gasteiger partial charge in [-0.3, -0.25) is 0 Å². The number of hydrogen-bond acceptors (Lipinski definition) is 3. The van der Waals surface area contributed by atoms with Gasteiger partial charge < -0.3 is 15.4 Å². The number of ether oxygens (including phenoxy) is 1. The highest BCUT2D eigenvalue weighted by molar-refractivity contribution is 9.10. The number of hydrogen-bond donors (Lipinski definition) is 1. The van der Waals surface area contributed by atoms with Crippen LogP contribution in [0.2, 0.25) is 0 Å². The SMILES string of the molecule is COCCN(c1cc(Br)ccc1CCN)C1CC1. The largest absolute Gasteiger partial charge is 0.383 e. The second-order valence-corrected chi connectivity index (χ2v) is 5.64. The summed E-state index contributed by atoms with van der Waals surface area (Å²) >= 11 is 3.56. The summed E-state index contributed by atoms with van der Waals surface area (Å²) in [5.74, 6) is 0. The Labute approximate surface area is 117 Å². The van der Waals surface area contributed by atoms with Crippen LogP contribution in [0.25, 0.3) is 0 Å². The summed E-state index contributed by atoms with van der Waals surface area (Å²) in [7, 11) is 1.76. The van der Waals surface area contributed by atoms with Crippen molar-refractivity contribution in [2.24, 2.45) is 5.73 Å². The minimum Gasteiger partial charge on any atom is -0.383 e. The van der Waals surface area contributed by atoms with E-state index < -0.39 is 0 Å². The number of nitrogens with two attached hydrogens (primary N) is 1. The van der Waals surface area contributed by atoms with Crippen molar-refractivity contribution in [2.45, 2.75) is 25.3 Å². The molecule has 1 aromatic carbocycles. The van der Waals surface area contributed by atoms with Crippen LogP contribution in [0.4, 0.5) is 5.69 Å². The standard InChI is InChI=1S/C14H21BrN2O/c1-18-9-8-17(13-4-5-13)14-10-12(15)3-2-11(14)6-7-16/h2-3,10,13H,4-9,16H2,1H3. The summed E-state index contributed by atoms with van der Waals surface area (Å²) in [5, 5.41) is 0. The van der Waals surface area contributed by atoms with Crippen LogP contribution in [-0.4, -0.2) is 32.8 Å². The Morgan fingerprint density at radius 3 is 2.83 bits per heavy atom. The highest BCUT2D eigenvalue weighted by atomic mass is 79.9. The summed E-state index contributed by atoms with van der Waals surface area (Å²) in [6.45, 7) is 2.41. The van der Waals surface area contributed by atoms with Gasteiger partial charge in [0.05, 0.1) is 6.61 Å². The molecule has 3 nitrogen and oxygen atoms in total. The lowest BCUT2D eigenvalue weighted by Gasteiger charge is -2.27. The van der Waals surface area contributed by atoms with Crippen molar-refractivity contribution >= 4 is 21.6 Å². The third-order valence-corrected chi connectivity index (χ3v) is 3.79. The summed E-state index contributed by atoms with van der Waals surface area (Å²) in [6.07, 6.45) is 3.51. The first-order valence-electron chi connectivity index (χ1n) is 6.50. The van der Waals surface area contributed by atoms with Crippen molar-refractivity contribution in [1.29, 1.82) is 0 Å². The Hall–Kier alpha value is -0.580. The minimum atomic E-state index is 0.686. The van der Waals surface area contributed by atoms with E-state index in [9.17, 15) is 0 Å². The van der Waals surface area contributed by atoms with E-state index in [1.165, 1.54) is 24.1 Å². The average molecular weight is 313 g/mol. The number of nitrogens with zero attached hydrogens (tertiary/aromatic N) is 1. The van der Waals surface area contributed by atoms with Crippen LogP contribution in [0.3, 0.4) is 0 Å². The van der Waals surface area contributed by atoms with Crippen molar-refractivity contribution < 1.29 is 4.74 Å². The number of anilines is 1. The maximum absolute atomic E-state index is 5.70. The third-order valence-electron chi connectivity index (χ3n) is 3.29. The van der Waals surface area contributed by atoms with E-state index in [4.69, 9.17) is 10.5 Å². The van der Waals surface area contributed by atoms with Gasteiger partial charge in [-0.2, -0.15) is 0 Å². The highest BCUT2D eigenvalue weighted by Gasteiger charge is 2.30. The minimum absolute atomic E-state index is 0.686. The number of benzene rings is 1. The Morgan fingerprint density at radius 1 is 1.44 bits per heavy atom. The van der Waals surface area contributed by atoms with E-state index in [2.05, 4.69) is 39.0 Å². The fourth-order valence-electron chi connectivity index (χ4n) is 2.25. The van der Waals surface area contributed by atoms with Crippen molar-refractivity contribution in [3.8, 4) is 0 Å². The Morgan fingerprint density at radius 2 is 2.22 bits per heavy atom. The van der Waals surface area contributed by atoms with E-state index >= 15 is 0 Å². The summed E-state index contributed by atoms with van der Waals surface area (Å²) in [5.41, 5.74) is 8.36. The fraction of sp³-hybridized carbons (Fsp3) is 0.571. The van der Waals surface area contributed by atoms with Gasteiger partial charge in [-0.05, 0) is 43.5 Å². The van der Waals surface area contributed by atoms with Gasteiger partial charge in [0, 0.05) is 29.9 Å². The van der Waals surface area contributed by atoms with Gasteiger partial charge in [-0.1, -0.05) is 22.0 Å². The normalized spacial score (nSPS) is 14.8. The lowest BCUT2D eigenvalue weighted by Crippen LogP contribution is -2.30. The molecule has 0 amide bonds. The molecule has 1 aromatic rings. The molecule has 100 valence electrons. The van der Waals surface area contributed by atoms with Gasteiger partial charge in [0.25, 0.3) is 0 Å². The molecule has 0 unspecified atom stereocenters. The number of rotatable bonds is 7. The van der Waals surface area contributed by atoms with Crippen molar-refractivity contribution in [3.05, 3.63) is 28.2 Å². The van der Waals surface area contributed by atoms with E-state index in [1.807, 2.05) is 0 Å². The molecular formula is C14H21BrN2O. The van der Waals surface area contributed by atoms with Crippen molar-refractivity contribution in [1.82, 2.24) is 0 Å². The molecule has 1 fully saturated rings. The molecule has 0 atom stereocenters. The molecule has 18 heavy (non-hydrogen) atoms. The number of halogens is 1. The van der Waals surface area contributed by atoms with E-state index in [1.54, 1.807) is 7.11 Å². The average Bonchev–Trinajstić information content (AvgIpc) is 3.17. The molecule has 1 saturated carbocycles. The van der Waals surface area contributed by atoms with Crippen LogP contribution in [-0.2, 0) is 11.2 Å². The molecule has 0 bridgehead atoms. The zero-order valence-electron chi connectivity index (χ0n) is 10.9. The smallest absolute Gasteiger partial charge is 0.0637 e. The van der Waals surface area contributed by atoms with E-state index in [0.717, 1.165) is 24.0 Å². The van der Waals surface area contributed by atoms with Gasteiger partial charge in [-0.25, -0.2) is 0 Å². The first kappa shape index (κ1) is 13.8. The lowest BCUT2D eigenvalue weighted by molar-refractivity contribution is 0.205. The number of methoxy groups -OCH3 is 1. The molecule has 0 spiro atoms. The van der Waals surface area contributed by atoms with Crippen molar-refractivity contribution in [2.75, 3.05) is 31.7 Å². The first-order chi connectivity index (χ1) is 8.76. The topological polar surface area (TPSA) is 38.5 Å². The Bertz CT molecular complexity index is 393. The van der Waals surface area contributed by atoms with Gasteiger partial charge in [0.2, 0.25) is 0 Å². The van der Waals surface area contributed by atoms with Crippen LogP contribution >= 0.6 is 15.9 Å². The van der Waals surface area contributed by atoms with E-state index in [-0.39, 0.29) is 0 Å². The molecule has 0 radical (unpaired) electrons. The van der Waals surface area contributed by atoms with Gasteiger partial charge in [0.15, 0.2) is 0 Å². The van der Waals surface area contributed by atoms with Gasteiger partial charge in [0.1, 0.15) is 0 Å². The molecule has 2 rings (SSSR count). The predicted molar refractivity (Wildman–Crippen MR) is 79.1 cm³/mol. The third kappa shape index (κ3) is 3.46. The second kappa shape index (κ2) is 6.55. The molecule has 4 heteroatoms. The highest BCUT2D eigenvalue weighted by Crippen LogP contribution is 2.35. The molecule has 0 aliphatic heterocycles. The maximum Gasteiger partial charge on any atom is 0.0637 e. The van der Waals surface area contributed by atoms with Crippen LogP contribution in [0.5, 0.6) is 0 Å². The van der Waals surface area contributed by atoms with Gasteiger partial charge in [-0.15, -0.1) is 0 Å². The molecule has 0 saturated heterocycles. The van der Waals surface area contributed by atoms with Crippen LogP contribution in [0.15, 0.2) is 22.7 Å². The summed E-state index contributed by atoms with van der Waals surface area (Å²) < 4.78 is 6.35. The molecule has 1 aliphatic rings. The predicted octanol–water partition coefficient (Wildman–Crippen LogP) is 2.57. The molecule has 1 aliphatic carbocycles. The zero-order valence-corrected chi connectivity index (χ0v) is 12.4. The summed E-state index contributed by atoms with van der Waals surface area (Å²) in [4.78, 5) is 2.47. The summed E-state index contributed by atoms with van der Waals surface area (Å²) in [6, 6.07) is 7.16. The molecule has 2 N–H and O–H groups in total. The Balaban J connectivity index is 2.23. The Kier molecular flexibility index (Phi) is 5.03. The monoisotopic (exact) mass is 312 g/mol. The lowest BCUT2D eigenvalue weighted by atomic mass is 10.1. The first-order valence-corrected chi connectivity index (χ1v) is 7.29. The fourth-order valence-corrected chi connectivity index (χ4v) is 2.60. The maximum atomic E-state index is 5.70. The molecular weight excluding hydrogens is 292 g/mol. The van der Waals surface area contributed by atoms with E-state index in [0.29, 0.717) is 12.6 Å².